The molecule has 0 saturated carbocycles. The molecule has 1 amide bonds. The molecule has 1 heterocycles. The van der Waals surface area contributed by atoms with Gasteiger partial charge in [-0.2, -0.15) is 4.98 Å². The Morgan fingerprint density at radius 2 is 1.92 bits per heavy atom. The van der Waals surface area contributed by atoms with E-state index in [1.165, 1.54) is 20.3 Å². The highest BCUT2D eigenvalue weighted by atomic mass is 19.1. The number of halogens is 1. The number of nitrogens with zero attached hydrogens (tertiary/aromatic N) is 2. The van der Waals surface area contributed by atoms with Gasteiger partial charge in [0.05, 0.1) is 14.2 Å². The Morgan fingerprint density at radius 1 is 1.15 bits per heavy atom. The summed E-state index contributed by atoms with van der Waals surface area (Å²) in [5.41, 5.74) is 0.958. The molecule has 0 saturated heterocycles. The van der Waals surface area contributed by atoms with E-state index in [-0.39, 0.29) is 18.3 Å². The van der Waals surface area contributed by atoms with Crippen LogP contribution in [-0.2, 0) is 6.54 Å². The molecule has 0 spiro atoms. The van der Waals surface area contributed by atoms with E-state index < -0.39 is 11.7 Å². The van der Waals surface area contributed by atoms with Crippen molar-refractivity contribution < 1.29 is 23.2 Å². The van der Waals surface area contributed by atoms with Crippen molar-refractivity contribution in [3.05, 3.63) is 59.7 Å². The van der Waals surface area contributed by atoms with E-state index in [1.807, 2.05) is 0 Å². The Labute approximate surface area is 148 Å². The second-order valence-corrected chi connectivity index (χ2v) is 5.27. The largest absolute Gasteiger partial charge is 0.493 e. The first-order valence-corrected chi connectivity index (χ1v) is 7.70. The summed E-state index contributed by atoms with van der Waals surface area (Å²) < 4.78 is 29.0. The molecule has 0 aliphatic carbocycles. The molecule has 0 aliphatic rings. The number of carbonyl (C=O) groups excluding carboxylic acids is 1. The lowest BCUT2D eigenvalue weighted by molar-refractivity contribution is 0.0906. The monoisotopic (exact) mass is 357 g/mol. The van der Waals surface area contributed by atoms with E-state index in [1.54, 1.807) is 36.4 Å². The molecule has 0 unspecified atom stereocenters. The zero-order chi connectivity index (χ0) is 18.5. The second kappa shape index (κ2) is 7.64. The third-order valence-corrected chi connectivity index (χ3v) is 3.66. The summed E-state index contributed by atoms with van der Waals surface area (Å²) in [6.07, 6.45) is 0. The number of aromatic nitrogens is 2. The molecule has 1 aromatic heterocycles. The fraction of sp³-hybridized carbons (Fsp3) is 0.167. The molecule has 1 N–H and O–H groups in total. The highest BCUT2D eigenvalue weighted by molar-refractivity contribution is 5.89. The van der Waals surface area contributed by atoms with Crippen LogP contribution < -0.4 is 14.8 Å². The van der Waals surface area contributed by atoms with E-state index >= 15 is 0 Å². The van der Waals surface area contributed by atoms with Gasteiger partial charge in [-0.1, -0.05) is 23.4 Å². The maximum Gasteiger partial charge on any atom is 0.316 e. The van der Waals surface area contributed by atoms with E-state index in [0.29, 0.717) is 22.6 Å². The highest BCUT2D eigenvalue weighted by Gasteiger charge is 2.17. The number of ether oxygens (including phenoxy) is 2. The van der Waals surface area contributed by atoms with Crippen LogP contribution in [-0.4, -0.2) is 30.3 Å². The van der Waals surface area contributed by atoms with Crippen molar-refractivity contribution in [2.75, 3.05) is 14.2 Å². The summed E-state index contributed by atoms with van der Waals surface area (Å²) >= 11 is 0. The summed E-state index contributed by atoms with van der Waals surface area (Å²) in [6, 6.07) is 11.3. The minimum absolute atomic E-state index is 0.0135. The number of nitrogens with one attached hydrogen (secondary N) is 1. The first-order chi connectivity index (χ1) is 12.6. The Hall–Kier alpha value is -3.42. The van der Waals surface area contributed by atoms with Crippen LogP contribution in [0.1, 0.15) is 16.2 Å². The number of methoxy groups -OCH3 is 2. The third kappa shape index (κ3) is 3.64. The molecule has 0 radical (unpaired) electrons. The van der Waals surface area contributed by atoms with Gasteiger partial charge >= 0.3 is 11.8 Å². The standard InChI is InChI=1S/C18H16FN3O4/c1-24-14-8-7-11(9-15(14)25-2)16-21-18(26-22-16)17(23)20-10-12-5-3-4-6-13(12)19/h3-9H,10H2,1-2H3,(H,20,23). The van der Waals surface area contributed by atoms with Crippen LogP contribution >= 0.6 is 0 Å². The van der Waals surface area contributed by atoms with Crippen molar-refractivity contribution in [2.45, 2.75) is 6.54 Å². The normalized spacial score (nSPS) is 10.4. The Bertz CT molecular complexity index is 926. The molecule has 134 valence electrons. The number of rotatable bonds is 6. The van der Waals surface area contributed by atoms with Gasteiger partial charge in [-0.3, -0.25) is 4.79 Å². The van der Waals surface area contributed by atoms with Crippen LogP contribution in [0.25, 0.3) is 11.4 Å². The van der Waals surface area contributed by atoms with Crippen molar-refractivity contribution in [2.24, 2.45) is 0 Å². The Morgan fingerprint density at radius 3 is 2.65 bits per heavy atom. The average Bonchev–Trinajstić information content (AvgIpc) is 3.17. The number of benzene rings is 2. The van der Waals surface area contributed by atoms with Gasteiger partial charge in [0.25, 0.3) is 0 Å². The van der Waals surface area contributed by atoms with Crippen molar-refractivity contribution in [1.82, 2.24) is 15.5 Å². The average molecular weight is 357 g/mol. The van der Waals surface area contributed by atoms with Crippen LogP contribution in [0.4, 0.5) is 4.39 Å². The second-order valence-electron chi connectivity index (χ2n) is 5.27. The third-order valence-electron chi connectivity index (χ3n) is 3.66. The smallest absolute Gasteiger partial charge is 0.316 e. The fourth-order valence-electron chi connectivity index (χ4n) is 2.30. The summed E-state index contributed by atoms with van der Waals surface area (Å²) in [5.74, 6) is 0.0768. The zero-order valence-corrected chi connectivity index (χ0v) is 14.2. The highest BCUT2D eigenvalue weighted by Crippen LogP contribution is 2.31. The van der Waals surface area contributed by atoms with E-state index in [4.69, 9.17) is 14.0 Å². The van der Waals surface area contributed by atoms with Crippen molar-refractivity contribution in [3.63, 3.8) is 0 Å². The molecule has 0 fully saturated rings. The molecule has 8 heteroatoms. The predicted molar refractivity (Wildman–Crippen MR) is 90.4 cm³/mol. The molecule has 3 rings (SSSR count). The summed E-state index contributed by atoms with van der Waals surface area (Å²) in [7, 11) is 3.04. The lowest BCUT2D eigenvalue weighted by atomic mass is 10.2. The van der Waals surface area contributed by atoms with E-state index in [9.17, 15) is 9.18 Å². The molecule has 7 nitrogen and oxygen atoms in total. The van der Waals surface area contributed by atoms with Gasteiger partial charge in [0.2, 0.25) is 5.82 Å². The SMILES string of the molecule is COc1ccc(-c2noc(C(=O)NCc3ccccc3F)n2)cc1OC. The maximum absolute atomic E-state index is 13.6. The van der Waals surface area contributed by atoms with Crippen LogP contribution in [0, 0.1) is 5.82 Å². The van der Waals surface area contributed by atoms with Crippen molar-refractivity contribution in [3.8, 4) is 22.9 Å². The van der Waals surface area contributed by atoms with E-state index in [2.05, 4.69) is 15.5 Å². The fourth-order valence-corrected chi connectivity index (χ4v) is 2.30. The van der Waals surface area contributed by atoms with Gasteiger partial charge in [0.15, 0.2) is 11.5 Å². The van der Waals surface area contributed by atoms with Gasteiger partial charge in [-0.15, -0.1) is 0 Å². The number of amides is 1. The van der Waals surface area contributed by atoms with Crippen LogP contribution in [0.2, 0.25) is 0 Å². The first kappa shape index (κ1) is 17.4. The quantitative estimate of drug-likeness (QED) is 0.730. The van der Waals surface area contributed by atoms with Gasteiger partial charge in [-0.25, -0.2) is 4.39 Å². The molecule has 2 aromatic carbocycles. The molecule has 0 bridgehead atoms. The maximum atomic E-state index is 13.6. The van der Waals surface area contributed by atoms with Crippen molar-refractivity contribution in [1.29, 1.82) is 0 Å². The Kier molecular flexibility index (Phi) is 5.12. The number of hydrogen-bond donors (Lipinski definition) is 1. The minimum atomic E-state index is -0.590. The van der Waals surface area contributed by atoms with Crippen LogP contribution in [0.15, 0.2) is 47.0 Å². The number of hydrogen-bond acceptors (Lipinski definition) is 6. The van der Waals surface area contributed by atoms with Gasteiger partial charge in [-0.05, 0) is 24.3 Å². The minimum Gasteiger partial charge on any atom is -0.493 e. The molecular weight excluding hydrogens is 341 g/mol. The predicted octanol–water partition coefficient (Wildman–Crippen LogP) is 2.82. The van der Waals surface area contributed by atoms with E-state index in [0.717, 1.165) is 0 Å². The number of carbonyl (C=O) groups is 1. The first-order valence-electron chi connectivity index (χ1n) is 7.70. The van der Waals surface area contributed by atoms with Gasteiger partial charge in [0.1, 0.15) is 5.82 Å². The topological polar surface area (TPSA) is 86.5 Å². The zero-order valence-electron chi connectivity index (χ0n) is 14.2. The molecule has 3 aromatic rings. The summed E-state index contributed by atoms with van der Waals surface area (Å²) in [4.78, 5) is 16.2. The molecular formula is C18H16FN3O4. The molecule has 0 aliphatic heterocycles. The van der Waals surface area contributed by atoms with Crippen molar-refractivity contribution >= 4 is 5.91 Å². The molecule has 26 heavy (non-hydrogen) atoms. The molecule has 0 atom stereocenters. The van der Waals surface area contributed by atoms with Gasteiger partial charge < -0.3 is 19.3 Å². The van der Waals surface area contributed by atoms with Crippen LogP contribution in [0.3, 0.4) is 0 Å². The lowest BCUT2D eigenvalue weighted by Gasteiger charge is -2.07. The summed E-state index contributed by atoms with van der Waals surface area (Å²) in [6.45, 7) is 0.0135. The van der Waals surface area contributed by atoms with Gasteiger partial charge in [0, 0.05) is 17.7 Å². The summed E-state index contributed by atoms with van der Waals surface area (Å²) in [5, 5.41) is 6.34. The Balaban J connectivity index is 1.73. The lowest BCUT2D eigenvalue weighted by Crippen LogP contribution is -2.23. The van der Waals surface area contributed by atoms with Crippen LogP contribution in [0.5, 0.6) is 11.5 Å².